The van der Waals surface area contributed by atoms with Crippen molar-refractivity contribution in [3.63, 3.8) is 0 Å². The molecule has 1 heterocycles. The molecule has 0 saturated carbocycles. The van der Waals surface area contributed by atoms with Crippen LogP contribution in [0.15, 0.2) is 42.5 Å². The number of nitrogens with zero attached hydrogens (tertiary/aromatic N) is 1. The summed E-state index contributed by atoms with van der Waals surface area (Å²) >= 11 is 5.20. The van der Waals surface area contributed by atoms with Gasteiger partial charge in [0, 0.05) is 37.0 Å². The highest BCUT2D eigenvalue weighted by atomic mass is 32.1. The minimum Gasteiger partial charge on any atom is -0.496 e. The Balaban J connectivity index is 1.45. The number of halogens is 1. The van der Waals surface area contributed by atoms with Gasteiger partial charge in [-0.2, -0.15) is 0 Å². The van der Waals surface area contributed by atoms with E-state index in [1.807, 2.05) is 0 Å². The van der Waals surface area contributed by atoms with Crippen LogP contribution in [0.4, 0.5) is 10.1 Å². The number of nitrogens with one attached hydrogen (secondary N) is 4. The first-order chi connectivity index (χ1) is 16.5. The van der Waals surface area contributed by atoms with Crippen LogP contribution in [0.2, 0.25) is 0 Å². The van der Waals surface area contributed by atoms with E-state index in [0.717, 1.165) is 39.3 Å². The molecule has 1 aliphatic rings. The summed E-state index contributed by atoms with van der Waals surface area (Å²) in [5.41, 5.74) is 6.19. The zero-order valence-electron chi connectivity index (χ0n) is 18.9. The lowest BCUT2D eigenvalue weighted by Gasteiger charge is -2.26. The SMILES string of the molecule is COc1cc(NC(=O)c2ccc(F)cc2)ccc1C(=O)NNC(=S)NCCCN1CCOCC1. The Kier molecular flexibility index (Phi) is 9.56. The first-order valence-electron chi connectivity index (χ1n) is 10.9. The number of amides is 2. The number of carbonyl (C=O) groups is 2. The van der Waals surface area contributed by atoms with Crippen LogP contribution in [-0.2, 0) is 4.74 Å². The normalized spacial score (nSPS) is 13.6. The van der Waals surface area contributed by atoms with Crippen LogP contribution < -0.4 is 26.2 Å². The number of hydrogen-bond donors (Lipinski definition) is 4. The highest BCUT2D eigenvalue weighted by Gasteiger charge is 2.15. The van der Waals surface area contributed by atoms with Crippen LogP contribution in [0.5, 0.6) is 5.75 Å². The maximum Gasteiger partial charge on any atom is 0.273 e. The minimum atomic E-state index is -0.453. The standard InChI is InChI=1S/C23H28FN5O4S/c1-32-20-15-18(26-21(30)16-3-5-17(24)6-4-16)7-8-19(20)22(31)27-28-23(34)25-9-2-10-29-11-13-33-14-12-29/h3-8,15H,2,9-14H2,1H3,(H,26,30)(H,27,31)(H2,25,28,34). The van der Waals surface area contributed by atoms with Gasteiger partial charge >= 0.3 is 0 Å². The van der Waals surface area contributed by atoms with Crippen molar-refractivity contribution >= 4 is 34.8 Å². The fourth-order valence-electron chi connectivity index (χ4n) is 3.32. The number of anilines is 1. The van der Waals surface area contributed by atoms with Gasteiger partial charge in [-0.3, -0.25) is 25.3 Å². The van der Waals surface area contributed by atoms with Crippen molar-refractivity contribution in [3.05, 3.63) is 59.4 Å². The van der Waals surface area contributed by atoms with Crippen molar-refractivity contribution in [1.82, 2.24) is 21.1 Å². The zero-order chi connectivity index (χ0) is 24.3. The number of hydrazine groups is 1. The summed E-state index contributed by atoms with van der Waals surface area (Å²) in [5, 5.41) is 6.05. The van der Waals surface area contributed by atoms with Crippen LogP contribution in [0.3, 0.4) is 0 Å². The Bertz CT molecular complexity index is 999. The van der Waals surface area contributed by atoms with Gasteiger partial charge in [-0.05, 0) is 61.6 Å². The molecule has 0 unspecified atom stereocenters. The molecule has 2 aromatic rings. The fourth-order valence-corrected chi connectivity index (χ4v) is 3.47. The Morgan fingerprint density at radius 2 is 1.82 bits per heavy atom. The molecule has 1 saturated heterocycles. The van der Waals surface area contributed by atoms with E-state index in [1.165, 1.54) is 43.5 Å². The Morgan fingerprint density at radius 3 is 2.53 bits per heavy atom. The van der Waals surface area contributed by atoms with Crippen LogP contribution in [0, 0.1) is 5.82 Å². The third-order valence-corrected chi connectivity index (χ3v) is 5.39. The summed E-state index contributed by atoms with van der Waals surface area (Å²) in [7, 11) is 1.42. The second-order valence-electron chi connectivity index (χ2n) is 7.52. The average Bonchev–Trinajstić information content (AvgIpc) is 2.86. The van der Waals surface area contributed by atoms with Crippen LogP contribution in [-0.4, -0.2) is 68.3 Å². The molecule has 1 aliphatic heterocycles. The molecule has 4 N–H and O–H groups in total. The van der Waals surface area contributed by atoms with Crippen LogP contribution in [0.1, 0.15) is 27.1 Å². The van der Waals surface area contributed by atoms with Gasteiger partial charge in [0.25, 0.3) is 11.8 Å². The first kappa shape index (κ1) is 25.3. The molecular weight excluding hydrogens is 461 g/mol. The van der Waals surface area contributed by atoms with Crippen molar-refractivity contribution in [2.45, 2.75) is 6.42 Å². The number of rotatable bonds is 8. The maximum atomic E-state index is 13.0. The van der Waals surface area contributed by atoms with Crippen molar-refractivity contribution in [3.8, 4) is 5.75 Å². The third-order valence-electron chi connectivity index (χ3n) is 5.14. The number of hydrogen-bond acceptors (Lipinski definition) is 6. The summed E-state index contributed by atoms with van der Waals surface area (Å²) in [4.78, 5) is 27.2. The number of benzene rings is 2. The minimum absolute atomic E-state index is 0.255. The predicted molar refractivity (Wildman–Crippen MR) is 130 cm³/mol. The van der Waals surface area contributed by atoms with Gasteiger partial charge in [0.05, 0.1) is 25.9 Å². The molecule has 0 bridgehead atoms. The molecular formula is C23H28FN5O4S. The van der Waals surface area contributed by atoms with Crippen molar-refractivity contribution in [2.75, 3.05) is 51.8 Å². The van der Waals surface area contributed by atoms with E-state index in [0.29, 0.717) is 22.9 Å². The molecule has 3 rings (SSSR count). The molecule has 11 heteroatoms. The molecule has 0 spiro atoms. The zero-order valence-corrected chi connectivity index (χ0v) is 19.7. The maximum absolute atomic E-state index is 13.0. The van der Waals surface area contributed by atoms with Crippen LogP contribution in [0.25, 0.3) is 0 Å². The largest absolute Gasteiger partial charge is 0.496 e. The topological polar surface area (TPSA) is 104 Å². The van der Waals surface area contributed by atoms with Crippen LogP contribution >= 0.6 is 12.2 Å². The lowest BCUT2D eigenvalue weighted by Crippen LogP contribution is -2.47. The van der Waals surface area contributed by atoms with E-state index in [4.69, 9.17) is 21.7 Å². The fraction of sp³-hybridized carbons (Fsp3) is 0.348. The summed E-state index contributed by atoms with van der Waals surface area (Å²) in [6.07, 6.45) is 0.911. The Hall–Kier alpha value is -3.28. The van der Waals surface area contributed by atoms with E-state index in [9.17, 15) is 14.0 Å². The molecule has 0 atom stereocenters. The van der Waals surface area contributed by atoms with Crippen molar-refractivity contribution in [1.29, 1.82) is 0 Å². The second kappa shape index (κ2) is 12.8. The lowest BCUT2D eigenvalue weighted by atomic mass is 10.1. The molecule has 182 valence electrons. The quantitative estimate of drug-likeness (QED) is 0.253. The van der Waals surface area contributed by atoms with Gasteiger partial charge in [-0.1, -0.05) is 0 Å². The number of thiocarbonyl (C=S) groups is 1. The highest BCUT2D eigenvalue weighted by molar-refractivity contribution is 7.80. The predicted octanol–water partition coefficient (Wildman–Crippen LogP) is 1.92. The molecule has 0 radical (unpaired) electrons. The Labute approximate surface area is 203 Å². The number of methoxy groups -OCH3 is 1. The smallest absolute Gasteiger partial charge is 0.273 e. The molecule has 9 nitrogen and oxygen atoms in total. The number of morpholine rings is 1. The molecule has 0 aliphatic carbocycles. The van der Waals surface area contributed by atoms with Gasteiger partial charge in [0.1, 0.15) is 11.6 Å². The van der Waals surface area contributed by atoms with Gasteiger partial charge in [-0.15, -0.1) is 0 Å². The molecule has 1 fully saturated rings. The molecule has 2 aromatic carbocycles. The van der Waals surface area contributed by atoms with Gasteiger partial charge in [-0.25, -0.2) is 4.39 Å². The monoisotopic (exact) mass is 489 g/mol. The summed E-state index contributed by atoms with van der Waals surface area (Å²) in [6.45, 7) is 5.04. The first-order valence-corrected chi connectivity index (χ1v) is 11.3. The lowest BCUT2D eigenvalue weighted by molar-refractivity contribution is 0.0376. The molecule has 2 amide bonds. The average molecular weight is 490 g/mol. The number of ether oxygens (including phenoxy) is 2. The second-order valence-corrected chi connectivity index (χ2v) is 7.93. The summed E-state index contributed by atoms with van der Waals surface area (Å²) < 4.78 is 23.7. The van der Waals surface area contributed by atoms with Crippen molar-refractivity contribution < 1.29 is 23.5 Å². The van der Waals surface area contributed by atoms with E-state index in [1.54, 1.807) is 6.07 Å². The third kappa shape index (κ3) is 7.65. The van der Waals surface area contributed by atoms with E-state index in [-0.39, 0.29) is 11.3 Å². The molecule has 34 heavy (non-hydrogen) atoms. The van der Waals surface area contributed by atoms with Gasteiger partial charge in [0.15, 0.2) is 5.11 Å². The van der Waals surface area contributed by atoms with E-state index in [2.05, 4.69) is 26.4 Å². The van der Waals surface area contributed by atoms with E-state index >= 15 is 0 Å². The molecule has 0 aromatic heterocycles. The van der Waals surface area contributed by atoms with Gasteiger partial charge < -0.3 is 20.1 Å². The summed E-state index contributed by atoms with van der Waals surface area (Å²) in [5.74, 6) is -1.03. The van der Waals surface area contributed by atoms with Crippen molar-refractivity contribution in [2.24, 2.45) is 0 Å². The van der Waals surface area contributed by atoms with E-state index < -0.39 is 17.6 Å². The van der Waals surface area contributed by atoms with Gasteiger partial charge in [0.2, 0.25) is 0 Å². The summed E-state index contributed by atoms with van der Waals surface area (Å²) in [6, 6.07) is 9.80. The highest BCUT2D eigenvalue weighted by Crippen LogP contribution is 2.23. The Morgan fingerprint density at radius 1 is 1.09 bits per heavy atom. The number of carbonyl (C=O) groups excluding carboxylic acids is 2.